The number of rotatable bonds is 12. The molecule has 0 aliphatic carbocycles. The highest BCUT2D eigenvalue weighted by molar-refractivity contribution is 8.02. The summed E-state index contributed by atoms with van der Waals surface area (Å²) >= 11 is 1.68. The van der Waals surface area contributed by atoms with Crippen LogP contribution in [0, 0.1) is 11.8 Å². The quantitative estimate of drug-likeness (QED) is 0.329. The Bertz CT molecular complexity index is 1250. The van der Waals surface area contributed by atoms with E-state index < -0.39 is 27.4 Å². The lowest BCUT2D eigenvalue weighted by Crippen LogP contribution is -2.52. The molecule has 0 radical (unpaired) electrons. The average molecular weight is 579 g/mol. The average Bonchev–Trinajstić information content (AvgIpc) is 3.54. The number of hydrogen-bond donors (Lipinski definition) is 3. The molecule has 2 aromatic rings. The molecule has 2 unspecified atom stereocenters. The monoisotopic (exact) mass is 578 g/mol. The van der Waals surface area contributed by atoms with E-state index >= 15 is 0 Å². The number of nitrogens with zero attached hydrogens (tertiary/aromatic N) is 2. The van der Waals surface area contributed by atoms with Gasteiger partial charge in [0.15, 0.2) is 0 Å². The molecule has 5 rings (SSSR count). The molecule has 3 N–H and O–H groups in total. The Morgan fingerprint density at radius 2 is 1.73 bits per heavy atom. The van der Waals surface area contributed by atoms with Crippen LogP contribution >= 0.6 is 11.8 Å². The number of carbonyl (C=O) groups is 3. The molecule has 3 aliphatic heterocycles. The van der Waals surface area contributed by atoms with Gasteiger partial charge < -0.3 is 25.5 Å². The number of carbonyl (C=O) groups excluding carboxylic acids is 3. The van der Waals surface area contributed by atoms with Crippen LogP contribution in [-0.2, 0) is 20.9 Å². The van der Waals surface area contributed by atoms with E-state index in [4.69, 9.17) is 0 Å². The van der Waals surface area contributed by atoms with E-state index in [0.717, 1.165) is 30.8 Å². The maximum Gasteiger partial charge on any atom is 0.248 e. The van der Waals surface area contributed by atoms with Crippen LogP contribution in [0.25, 0.3) is 0 Å². The van der Waals surface area contributed by atoms with Crippen LogP contribution in [0.4, 0.5) is 11.4 Å². The molecule has 9 heteroatoms. The van der Waals surface area contributed by atoms with Gasteiger partial charge in [-0.15, -0.1) is 11.8 Å². The van der Waals surface area contributed by atoms with Crippen LogP contribution in [0.3, 0.4) is 0 Å². The predicted molar refractivity (Wildman–Crippen MR) is 164 cm³/mol. The largest absolute Gasteiger partial charge is 0.396 e. The predicted octanol–water partition coefficient (Wildman–Crippen LogP) is 4.04. The fourth-order valence-electron chi connectivity index (χ4n) is 7.21. The smallest absolute Gasteiger partial charge is 0.248 e. The van der Waals surface area contributed by atoms with Crippen molar-refractivity contribution in [1.82, 2.24) is 10.2 Å². The fourth-order valence-corrected chi connectivity index (χ4v) is 9.57. The topological polar surface area (TPSA) is 102 Å². The highest BCUT2D eigenvalue weighted by Crippen LogP contribution is 2.71. The molecular formula is C32H42N4O4S. The number of nitrogens with one attached hydrogen (secondary N) is 2. The second-order valence-corrected chi connectivity index (χ2v) is 13.5. The van der Waals surface area contributed by atoms with Crippen molar-refractivity contribution in [3.05, 3.63) is 60.2 Å². The molecule has 2 bridgehead atoms. The molecule has 0 aromatic heterocycles. The number of aliphatic hydroxyl groups excluding tert-OH is 1. The van der Waals surface area contributed by atoms with Crippen LogP contribution in [0.2, 0.25) is 0 Å². The van der Waals surface area contributed by atoms with Crippen LogP contribution in [0.15, 0.2) is 54.6 Å². The Balaban J connectivity index is 1.41. The van der Waals surface area contributed by atoms with Crippen molar-refractivity contribution in [2.75, 3.05) is 36.5 Å². The number of anilines is 2. The minimum absolute atomic E-state index is 0.0314. The number of likely N-dealkylation sites (tertiary alicyclic amines) is 1. The first-order valence-electron chi connectivity index (χ1n) is 14.9. The lowest BCUT2D eigenvalue weighted by atomic mass is 9.66. The molecule has 3 fully saturated rings. The standard InChI is InChI=1S/C32H42N4O4S/c1-4-35(5-2)24-15-13-23(14-16-24)34-29(39)27-32-18-17-31(3,41-32)25(26(32)30(40)36(27)19-9-10-20-37)28(38)33-21-22-11-7-6-8-12-22/h6-8,11-16,25-27,37H,4-5,9-10,17-21H2,1-3H3,(H,33,38)(H,34,39)/t25-,26-,27?,31+,32?/m0/s1. The van der Waals surface area contributed by atoms with Gasteiger partial charge in [-0.2, -0.15) is 0 Å². The van der Waals surface area contributed by atoms with Gasteiger partial charge in [-0.25, -0.2) is 0 Å². The molecule has 3 heterocycles. The van der Waals surface area contributed by atoms with Crippen LogP contribution < -0.4 is 15.5 Å². The van der Waals surface area contributed by atoms with E-state index in [1.54, 1.807) is 16.7 Å². The lowest BCUT2D eigenvalue weighted by Gasteiger charge is -2.35. The molecule has 0 saturated carbocycles. The number of amides is 3. The third-order valence-electron chi connectivity index (χ3n) is 9.19. The third-order valence-corrected chi connectivity index (χ3v) is 11.2. The molecule has 41 heavy (non-hydrogen) atoms. The van der Waals surface area contributed by atoms with Gasteiger partial charge in [-0.3, -0.25) is 14.4 Å². The second kappa shape index (κ2) is 12.1. The summed E-state index contributed by atoms with van der Waals surface area (Å²) in [6.45, 7) is 8.92. The van der Waals surface area contributed by atoms with Crippen molar-refractivity contribution in [3.63, 3.8) is 0 Å². The minimum atomic E-state index is -0.681. The zero-order valence-corrected chi connectivity index (χ0v) is 25.1. The summed E-state index contributed by atoms with van der Waals surface area (Å²) in [5.41, 5.74) is 2.79. The van der Waals surface area contributed by atoms with Gasteiger partial charge in [0.1, 0.15) is 6.04 Å². The highest BCUT2D eigenvalue weighted by Gasteiger charge is 2.77. The SMILES string of the molecule is CCN(CC)c1ccc(NC(=O)C2N(CCCCO)C(=O)[C@@H]3[C@@H](C(=O)NCc4ccccc4)[C@@]4(C)CCC23S4)cc1. The molecule has 3 amide bonds. The summed E-state index contributed by atoms with van der Waals surface area (Å²) in [5.74, 6) is -1.51. The molecule has 3 aliphatic rings. The van der Waals surface area contributed by atoms with Gasteiger partial charge >= 0.3 is 0 Å². The van der Waals surface area contributed by atoms with Crippen LogP contribution in [-0.4, -0.2) is 69.5 Å². The third kappa shape index (κ3) is 5.34. The van der Waals surface area contributed by atoms with Gasteiger partial charge in [0.25, 0.3) is 0 Å². The summed E-state index contributed by atoms with van der Waals surface area (Å²) < 4.78 is -1.08. The van der Waals surface area contributed by atoms with Gasteiger partial charge in [0.2, 0.25) is 17.7 Å². The van der Waals surface area contributed by atoms with Crippen molar-refractivity contribution in [3.8, 4) is 0 Å². The van der Waals surface area contributed by atoms with E-state index in [1.165, 1.54) is 0 Å². The molecule has 8 nitrogen and oxygen atoms in total. The van der Waals surface area contributed by atoms with Crippen LogP contribution in [0.1, 0.15) is 52.0 Å². The number of thioether (sulfide) groups is 1. The molecular weight excluding hydrogens is 536 g/mol. The first-order chi connectivity index (χ1) is 19.8. The van der Waals surface area contributed by atoms with Crippen molar-refractivity contribution in [2.45, 2.75) is 68.5 Å². The fraction of sp³-hybridized carbons (Fsp3) is 0.531. The Hall–Kier alpha value is -3.04. The zero-order chi connectivity index (χ0) is 29.2. The Morgan fingerprint density at radius 3 is 2.39 bits per heavy atom. The summed E-state index contributed by atoms with van der Waals surface area (Å²) in [4.78, 5) is 45.9. The Kier molecular flexibility index (Phi) is 8.66. The van der Waals surface area contributed by atoms with Crippen molar-refractivity contribution < 1.29 is 19.5 Å². The summed E-state index contributed by atoms with van der Waals surface area (Å²) in [6, 6.07) is 16.9. The Labute approximate surface area is 247 Å². The van der Waals surface area contributed by atoms with E-state index in [9.17, 15) is 19.5 Å². The summed E-state index contributed by atoms with van der Waals surface area (Å²) in [5, 5.41) is 15.6. The summed E-state index contributed by atoms with van der Waals surface area (Å²) in [7, 11) is 0. The van der Waals surface area contributed by atoms with Gasteiger partial charge in [0.05, 0.1) is 16.6 Å². The first kappa shape index (κ1) is 29.5. The molecule has 1 spiro atoms. The van der Waals surface area contributed by atoms with Gasteiger partial charge in [-0.05, 0) is 76.3 Å². The second-order valence-electron chi connectivity index (χ2n) is 11.6. The zero-order valence-electron chi connectivity index (χ0n) is 24.3. The number of hydrogen-bond acceptors (Lipinski definition) is 6. The van der Waals surface area contributed by atoms with Crippen molar-refractivity contribution >= 4 is 40.9 Å². The minimum Gasteiger partial charge on any atom is -0.396 e. The molecule has 3 saturated heterocycles. The van der Waals surface area contributed by atoms with Crippen molar-refractivity contribution in [1.29, 1.82) is 0 Å². The van der Waals surface area contributed by atoms with E-state index in [2.05, 4.69) is 36.3 Å². The molecule has 2 aromatic carbocycles. The number of aliphatic hydroxyl groups is 1. The van der Waals surface area contributed by atoms with Crippen LogP contribution in [0.5, 0.6) is 0 Å². The van der Waals surface area contributed by atoms with E-state index in [-0.39, 0.29) is 24.3 Å². The van der Waals surface area contributed by atoms with Gasteiger partial charge in [0, 0.05) is 48.9 Å². The number of benzene rings is 2. The number of unbranched alkanes of at least 4 members (excludes halogenated alkanes) is 1. The highest BCUT2D eigenvalue weighted by atomic mass is 32.2. The van der Waals surface area contributed by atoms with Crippen molar-refractivity contribution in [2.24, 2.45) is 11.8 Å². The maximum absolute atomic E-state index is 14.1. The number of fused-ring (bicyclic) bond motifs is 1. The van der Waals surface area contributed by atoms with E-state index in [1.807, 2.05) is 54.6 Å². The molecule has 5 atom stereocenters. The van der Waals surface area contributed by atoms with Gasteiger partial charge in [-0.1, -0.05) is 30.3 Å². The normalized spacial score (nSPS) is 28.0. The Morgan fingerprint density at radius 1 is 1.02 bits per heavy atom. The summed E-state index contributed by atoms with van der Waals surface area (Å²) in [6.07, 6.45) is 2.63. The maximum atomic E-state index is 14.1. The molecule has 220 valence electrons. The lowest BCUT2D eigenvalue weighted by molar-refractivity contribution is -0.140. The first-order valence-corrected chi connectivity index (χ1v) is 15.7. The van der Waals surface area contributed by atoms with E-state index in [0.29, 0.717) is 38.0 Å².